The third-order valence-corrected chi connectivity index (χ3v) is 4.77. The topological polar surface area (TPSA) is 54.9 Å². The van der Waals surface area contributed by atoms with Crippen molar-refractivity contribution in [2.24, 2.45) is 0 Å². The minimum atomic E-state index is -4.65. The number of rotatable bonds is 4. The molecule has 0 unspecified atom stereocenters. The predicted molar refractivity (Wildman–Crippen MR) is 104 cm³/mol. The second kappa shape index (κ2) is 7.90. The SMILES string of the molecule is O=C(Cc1ccc(-c2cnc3c(c2)C(F)=CC3)cc1F)Nc1ccnc(C(F)(F)F)c1. The van der Waals surface area contributed by atoms with Crippen LogP contribution in [0.1, 0.15) is 22.5 Å². The van der Waals surface area contributed by atoms with Gasteiger partial charge >= 0.3 is 6.18 Å². The fraction of sp³-hybridized carbons (Fsp3) is 0.136. The number of nitrogens with zero attached hydrogens (tertiary/aromatic N) is 2. The van der Waals surface area contributed by atoms with Gasteiger partial charge in [-0.3, -0.25) is 14.8 Å². The van der Waals surface area contributed by atoms with E-state index in [1.807, 2.05) is 0 Å². The standard InChI is InChI=1S/C22H14F5N3O/c23-17-3-4-19-16(17)7-14(11-29-19)12-1-2-13(18(24)8-12)9-21(31)30-15-5-6-28-20(10-15)22(25,26)27/h1-3,5-8,10-11H,4,9H2,(H,28,30,31). The van der Waals surface area contributed by atoms with Gasteiger partial charge in [0.1, 0.15) is 17.3 Å². The van der Waals surface area contributed by atoms with Crippen LogP contribution in [0.5, 0.6) is 0 Å². The van der Waals surface area contributed by atoms with E-state index in [1.54, 1.807) is 12.1 Å². The number of carbonyl (C=O) groups excluding carboxylic acids is 1. The lowest BCUT2D eigenvalue weighted by atomic mass is 10.0. The summed E-state index contributed by atoms with van der Waals surface area (Å²) in [5, 5.41) is 2.31. The van der Waals surface area contributed by atoms with Crippen LogP contribution in [0.25, 0.3) is 17.0 Å². The van der Waals surface area contributed by atoms with Crippen LogP contribution in [-0.4, -0.2) is 15.9 Å². The molecule has 0 aliphatic heterocycles. The Morgan fingerprint density at radius 2 is 1.84 bits per heavy atom. The number of halogens is 5. The van der Waals surface area contributed by atoms with Crippen LogP contribution < -0.4 is 5.32 Å². The molecule has 1 aliphatic carbocycles. The second-order valence-electron chi connectivity index (χ2n) is 6.93. The molecule has 0 atom stereocenters. The third kappa shape index (κ3) is 4.45. The number of alkyl halides is 3. The van der Waals surface area contributed by atoms with Gasteiger partial charge in [-0.05, 0) is 41.5 Å². The molecule has 0 fully saturated rings. The number of amides is 1. The maximum Gasteiger partial charge on any atom is 0.433 e. The number of allylic oxidation sites excluding steroid dienone is 1. The molecule has 3 aromatic rings. The molecule has 0 radical (unpaired) electrons. The summed E-state index contributed by atoms with van der Waals surface area (Å²) in [6, 6.07) is 7.67. The van der Waals surface area contributed by atoms with Crippen molar-refractivity contribution in [3.05, 3.63) is 83.2 Å². The minimum Gasteiger partial charge on any atom is -0.326 e. The number of hydrogen-bond acceptors (Lipinski definition) is 3. The fourth-order valence-electron chi connectivity index (χ4n) is 3.23. The highest BCUT2D eigenvalue weighted by molar-refractivity contribution is 5.92. The molecule has 0 saturated heterocycles. The molecule has 31 heavy (non-hydrogen) atoms. The van der Waals surface area contributed by atoms with E-state index < -0.39 is 23.6 Å². The van der Waals surface area contributed by atoms with Crippen LogP contribution in [0.2, 0.25) is 0 Å². The smallest absolute Gasteiger partial charge is 0.326 e. The second-order valence-corrected chi connectivity index (χ2v) is 6.93. The van der Waals surface area contributed by atoms with E-state index in [4.69, 9.17) is 0 Å². The number of carbonyl (C=O) groups is 1. The molecule has 1 aliphatic rings. The summed E-state index contributed by atoms with van der Waals surface area (Å²) < 4.78 is 66.5. The van der Waals surface area contributed by atoms with Gasteiger partial charge in [0.05, 0.1) is 12.1 Å². The zero-order valence-corrected chi connectivity index (χ0v) is 15.8. The number of fused-ring (bicyclic) bond motifs is 1. The van der Waals surface area contributed by atoms with Crippen LogP contribution in [-0.2, 0) is 23.8 Å². The zero-order chi connectivity index (χ0) is 22.2. The minimum absolute atomic E-state index is 0.0616. The van der Waals surface area contributed by atoms with E-state index in [1.165, 1.54) is 30.5 Å². The van der Waals surface area contributed by atoms with Crippen LogP contribution in [0.15, 0.2) is 54.9 Å². The summed E-state index contributed by atoms with van der Waals surface area (Å²) in [5.41, 5.74) is 0.790. The molecule has 1 amide bonds. The first-order chi connectivity index (χ1) is 14.7. The Kier molecular flexibility index (Phi) is 5.26. The number of nitrogens with one attached hydrogen (secondary N) is 1. The van der Waals surface area contributed by atoms with E-state index in [0.717, 1.165) is 6.20 Å². The zero-order valence-electron chi connectivity index (χ0n) is 15.8. The molecule has 4 rings (SSSR count). The Balaban J connectivity index is 1.49. The Bertz CT molecular complexity index is 1200. The fourth-order valence-corrected chi connectivity index (χ4v) is 3.23. The molecular formula is C22H14F5N3O. The largest absolute Gasteiger partial charge is 0.433 e. The van der Waals surface area contributed by atoms with Crippen molar-refractivity contribution in [1.29, 1.82) is 0 Å². The van der Waals surface area contributed by atoms with Crippen molar-refractivity contribution in [3.8, 4) is 11.1 Å². The lowest BCUT2D eigenvalue weighted by molar-refractivity contribution is -0.141. The normalized spacial score (nSPS) is 13.0. The maximum atomic E-state index is 14.6. The van der Waals surface area contributed by atoms with Gasteiger partial charge < -0.3 is 5.32 Å². The van der Waals surface area contributed by atoms with Gasteiger partial charge in [0.25, 0.3) is 0 Å². The lowest BCUT2D eigenvalue weighted by Gasteiger charge is -2.10. The number of benzene rings is 1. The Morgan fingerprint density at radius 3 is 2.58 bits per heavy atom. The molecular weight excluding hydrogens is 417 g/mol. The molecule has 4 nitrogen and oxygen atoms in total. The molecule has 2 heterocycles. The first-order valence-electron chi connectivity index (χ1n) is 9.17. The monoisotopic (exact) mass is 431 g/mol. The van der Waals surface area contributed by atoms with Crippen LogP contribution in [0.4, 0.5) is 27.6 Å². The Labute approximate surface area is 173 Å². The van der Waals surface area contributed by atoms with E-state index in [0.29, 0.717) is 34.9 Å². The quantitative estimate of drug-likeness (QED) is 0.567. The molecule has 0 bridgehead atoms. The highest BCUT2D eigenvalue weighted by atomic mass is 19.4. The number of aromatic nitrogens is 2. The van der Waals surface area contributed by atoms with Crippen molar-refractivity contribution in [3.63, 3.8) is 0 Å². The van der Waals surface area contributed by atoms with Gasteiger partial charge in [0.2, 0.25) is 5.91 Å². The van der Waals surface area contributed by atoms with Gasteiger partial charge in [-0.1, -0.05) is 12.1 Å². The van der Waals surface area contributed by atoms with Crippen molar-refractivity contribution < 1.29 is 26.7 Å². The number of pyridine rings is 2. The highest BCUT2D eigenvalue weighted by Gasteiger charge is 2.32. The van der Waals surface area contributed by atoms with Gasteiger partial charge in [-0.15, -0.1) is 0 Å². The van der Waals surface area contributed by atoms with Crippen molar-refractivity contribution in [1.82, 2.24) is 9.97 Å². The average Bonchev–Trinajstić information content (AvgIpc) is 3.09. The molecule has 0 saturated carbocycles. The summed E-state index contributed by atoms with van der Waals surface area (Å²) in [4.78, 5) is 19.6. The van der Waals surface area contributed by atoms with Gasteiger partial charge in [0, 0.05) is 35.6 Å². The van der Waals surface area contributed by atoms with Gasteiger partial charge in [-0.25, -0.2) is 8.78 Å². The molecule has 2 aromatic heterocycles. The van der Waals surface area contributed by atoms with Gasteiger partial charge in [0.15, 0.2) is 0 Å². The summed E-state index contributed by atoms with van der Waals surface area (Å²) in [5.74, 6) is -1.73. The molecule has 0 spiro atoms. The lowest BCUT2D eigenvalue weighted by Crippen LogP contribution is -2.16. The van der Waals surface area contributed by atoms with Crippen molar-refractivity contribution in [2.45, 2.75) is 19.0 Å². The van der Waals surface area contributed by atoms with Gasteiger partial charge in [-0.2, -0.15) is 13.2 Å². The molecule has 1 N–H and O–H groups in total. The van der Waals surface area contributed by atoms with E-state index >= 15 is 0 Å². The Morgan fingerprint density at radius 1 is 1.03 bits per heavy atom. The molecule has 9 heteroatoms. The van der Waals surface area contributed by atoms with Crippen LogP contribution in [0.3, 0.4) is 0 Å². The average molecular weight is 431 g/mol. The molecule has 158 valence electrons. The van der Waals surface area contributed by atoms with E-state index in [9.17, 15) is 26.7 Å². The summed E-state index contributed by atoms with van der Waals surface area (Å²) >= 11 is 0. The summed E-state index contributed by atoms with van der Waals surface area (Å²) in [6.45, 7) is 0. The first kappa shape index (κ1) is 20.6. The maximum absolute atomic E-state index is 14.6. The predicted octanol–water partition coefficient (Wildman–Crippen LogP) is 5.35. The van der Waals surface area contributed by atoms with Crippen LogP contribution >= 0.6 is 0 Å². The van der Waals surface area contributed by atoms with E-state index in [2.05, 4.69) is 15.3 Å². The summed E-state index contributed by atoms with van der Waals surface area (Å²) in [6.07, 6.45) is -0.746. The van der Waals surface area contributed by atoms with Crippen molar-refractivity contribution in [2.75, 3.05) is 5.32 Å². The summed E-state index contributed by atoms with van der Waals surface area (Å²) in [7, 11) is 0. The van der Waals surface area contributed by atoms with E-state index in [-0.39, 0.29) is 23.5 Å². The first-order valence-corrected chi connectivity index (χ1v) is 9.17. The number of hydrogen-bond donors (Lipinski definition) is 1. The number of anilines is 1. The Hall–Kier alpha value is -3.62. The highest BCUT2D eigenvalue weighted by Crippen LogP contribution is 2.32. The van der Waals surface area contributed by atoms with Crippen LogP contribution in [0, 0.1) is 5.82 Å². The van der Waals surface area contributed by atoms with Crippen molar-refractivity contribution >= 4 is 17.4 Å². The third-order valence-electron chi connectivity index (χ3n) is 4.77. The molecule has 1 aromatic carbocycles.